The Bertz CT molecular complexity index is 968. The van der Waals surface area contributed by atoms with Crippen LogP contribution in [-0.4, -0.2) is 62.0 Å². The van der Waals surface area contributed by atoms with Gasteiger partial charge in [-0.1, -0.05) is 46.1 Å². The summed E-state index contributed by atoms with van der Waals surface area (Å²) in [5.74, 6) is -0.917. The molecule has 0 spiro atoms. The van der Waals surface area contributed by atoms with Crippen molar-refractivity contribution in [3.8, 4) is 11.5 Å². The molecule has 0 saturated heterocycles. The first-order chi connectivity index (χ1) is 19.5. The van der Waals surface area contributed by atoms with Crippen LogP contribution in [0.15, 0.2) is 18.2 Å². The van der Waals surface area contributed by atoms with E-state index in [0.29, 0.717) is 24.8 Å². The zero-order valence-electron chi connectivity index (χ0n) is 25.0. The number of rotatable bonds is 17. The Balaban J connectivity index is 2.86. The molecule has 12 heteroatoms. The number of benzene rings is 1. The molecule has 1 aromatic carbocycles. The zero-order valence-corrected chi connectivity index (χ0v) is 25.0. The van der Waals surface area contributed by atoms with Gasteiger partial charge in [-0.3, -0.25) is 4.79 Å². The minimum Gasteiger partial charge on any atom is -0.461 e. The van der Waals surface area contributed by atoms with Crippen molar-refractivity contribution < 1.29 is 52.3 Å². The van der Waals surface area contributed by atoms with Crippen LogP contribution in [0.5, 0.6) is 11.5 Å². The van der Waals surface area contributed by atoms with Gasteiger partial charge in [-0.05, 0) is 64.2 Å². The predicted molar refractivity (Wildman–Crippen MR) is 149 cm³/mol. The van der Waals surface area contributed by atoms with Gasteiger partial charge in [-0.15, -0.1) is 0 Å². The highest BCUT2D eigenvalue weighted by molar-refractivity contribution is 5.76. The molecular weight excluding hydrogens is 538 g/mol. The third-order valence-electron chi connectivity index (χ3n) is 5.61. The molecule has 0 aliphatic heterocycles. The van der Waals surface area contributed by atoms with E-state index in [-0.39, 0.29) is 43.3 Å². The van der Waals surface area contributed by atoms with Gasteiger partial charge < -0.3 is 38.9 Å². The molecule has 0 radical (unpaired) electrons. The van der Waals surface area contributed by atoms with Gasteiger partial charge in [-0.25, -0.2) is 14.4 Å². The fourth-order valence-electron chi connectivity index (χ4n) is 3.51. The Labute approximate surface area is 242 Å². The van der Waals surface area contributed by atoms with Gasteiger partial charge in [0.05, 0.1) is 6.61 Å². The number of unbranched alkanes of at least 4 members (excludes halogenated alkanes) is 1. The first-order valence-electron chi connectivity index (χ1n) is 14.1. The van der Waals surface area contributed by atoms with E-state index in [0.717, 1.165) is 19.3 Å². The molecule has 232 valence electrons. The summed E-state index contributed by atoms with van der Waals surface area (Å²) in [6.45, 7) is 10.9. The van der Waals surface area contributed by atoms with E-state index in [2.05, 4.69) is 0 Å². The molecule has 12 nitrogen and oxygen atoms in total. The quantitative estimate of drug-likeness (QED) is 0.101. The second-order valence-corrected chi connectivity index (χ2v) is 9.74. The second kappa shape index (κ2) is 19.5. The molecule has 1 rings (SSSR count). The van der Waals surface area contributed by atoms with Gasteiger partial charge in [0.2, 0.25) is 0 Å². The van der Waals surface area contributed by atoms with Gasteiger partial charge in [0.1, 0.15) is 31.0 Å². The van der Waals surface area contributed by atoms with Crippen molar-refractivity contribution in [2.45, 2.75) is 111 Å². The zero-order chi connectivity index (χ0) is 30.8. The average Bonchev–Trinajstić information content (AvgIpc) is 2.88. The molecule has 2 N–H and O–H groups in total. The predicted octanol–water partition coefficient (Wildman–Crippen LogP) is 5.85. The van der Waals surface area contributed by atoms with Crippen LogP contribution in [0.3, 0.4) is 0 Å². The van der Waals surface area contributed by atoms with Crippen LogP contribution in [0.1, 0.15) is 85.6 Å². The van der Waals surface area contributed by atoms with E-state index in [1.54, 1.807) is 26.8 Å². The van der Waals surface area contributed by atoms with Gasteiger partial charge in [0.25, 0.3) is 0 Å². The van der Waals surface area contributed by atoms with Crippen molar-refractivity contribution in [2.24, 2.45) is 5.73 Å². The van der Waals surface area contributed by atoms with Gasteiger partial charge >= 0.3 is 24.4 Å². The summed E-state index contributed by atoms with van der Waals surface area (Å²) in [4.78, 5) is 48.7. The summed E-state index contributed by atoms with van der Waals surface area (Å²) < 4.78 is 36.2. The molecule has 0 aliphatic rings. The number of hydrogen-bond donors (Lipinski definition) is 1. The van der Waals surface area contributed by atoms with Crippen molar-refractivity contribution >= 4 is 24.4 Å². The Hall–Kier alpha value is -3.54. The lowest BCUT2D eigenvalue weighted by Gasteiger charge is -2.17. The lowest BCUT2D eigenvalue weighted by molar-refractivity contribution is -0.148. The number of esters is 1. The van der Waals surface area contributed by atoms with Crippen LogP contribution in [0.2, 0.25) is 0 Å². The number of carbonyl (C=O) groups is 4. The van der Waals surface area contributed by atoms with Crippen molar-refractivity contribution in [3.05, 3.63) is 23.8 Å². The average molecular weight is 584 g/mol. The highest BCUT2D eigenvalue weighted by Gasteiger charge is 2.22. The Morgan fingerprint density at radius 3 is 1.85 bits per heavy atom. The van der Waals surface area contributed by atoms with Crippen molar-refractivity contribution in [3.63, 3.8) is 0 Å². The first kappa shape index (κ1) is 35.5. The third kappa shape index (κ3) is 15.1. The lowest BCUT2D eigenvalue weighted by atomic mass is 10.1. The maximum absolute atomic E-state index is 12.5. The molecule has 0 bridgehead atoms. The highest BCUT2D eigenvalue weighted by Crippen LogP contribution is 2.30. The molecule has 0 amide bonds. The molecule has 4 atom stereocenters. The molecule has 41 heavy (non-hydrogen) atoms. The summed E-state index contributed by atoms with van der Waals surface area (Å²) in [5, 5.41) is 0. The molecule has 0 aliphatic carbocycles. The fraction of sp³-hybridized carbons (Fsp3) is 0.655. The standard InChI is InChI=1S/C29H45NO11/c1-7-10-15-35-27(32)39-21(6)18-36-26(31)23(30)16-22-13-14-24(40-28(33)37-19(4)11-8-2)25(17-22)41-29(34)38-20(5)12-9-3/h13-14,17,19-21,23H,7-12,15-16,18,30H2,1-6H3/t19?,20?,21-,23-/m0/s1. The Morgan fingerprint density at radius 1 is 0.732 bits per heavy atom. The van der Waals surface area contributed by atoms with Crippen molar-refractivity contribution in [1.29, 1.82) is 0 Å². The first-order valence-corrected chi connectivity index (χ1v) is 14.1. The van der Waals surface area contributed by atoms with Crippen LogP contribution in [-0.2, 0) is 34.9 Å². The Kier molecular flexibility index (Phi) is 16.9. The van der Waals surface area contributed by atoms with Crippen LogP contribution in [0.25, 0.3) is 0 Å². The summed E-state index contributed by atoms with van der Waals surface area (Å²) in [5.41, 5.74) is 6.51. The van der Waals surface area contributed by atoms with E-state index in [9.17, 15) is 19.2 Å². The molecule has 2 unspecified atom stereocenters. The van der Waals surface area contributed by atoms with Crippen LogP contribution in [0.4, 0.5) is 14.4 Å². The summed E-state index contributed by atoms with van der Waals surface area (Å²) >= 11 is 0. The highest BCUT2D eigenvalue weighted by atomic mass is 16.8. The summed E-state index contributed by atoms with van der Waals surface area (Å²) in [7, 11) is 0. The molecular formula is C29H45NO11. The van der Waals surface area contributed by atoms with Gasteiger partial charge in [-0.2, -0.15) is 0 Å². The summed E-state index contributed by atoms with van der Waals surface area (Å²) in [6.07, 6.45) is 0.252. The third-order valence-corrected chi connectivity index (χ3v) is 5.61. The fourth-order valence-corrected chi connectivity index (χ4v) is 3.51. The van der Waals surface area contributed by atoms with Crippen molar-refractivity contribution in [2.75, 3.05) is 13.2 Å². The maximum Gasteiger partial charge on any atom is 0.514 e. The molecule has 0 aromatic heterocycles. The van der Waals surface area contributed by atoms with Gasteiger partial charge in [0.15, 0.2) is 11.5 Å². The smallest absolute Gasteiger partial charge is 0.461 e. The minimum atomic E-state index is -1.09. The van der Waals surface area contributed by atoms with Crippen LogP contribution >= 0.6 is 0 Å². The molecule has 0 heterocycles. The van der Waals surface area contributed by atoms with Crippen LogP contribution in [0, 0.1) is 0 Å². The van der Waals surface area contributed by atoms with Crippen molar-refractivity contribution in [1.82, 2.24) is 0 Å². The number of carbonyl (C=O) groups excluding carboxylic acids is 4. The van der Waals surface area contributed by atoms with E-state index >= 15 is 0 Å². The largest absolute Gasteiger partial charge is 0.514 e. The minimum absolute atomic E-state index is 0.00301. The SMILES string of the molecule is CCCCOC(=O)O[C@@H](C)COC(=O)[C@@H](N)Cc1ccc(OC(=O)OC(C)CCC)c(OC(=O)OC(C)CCC)c1. The monoisotopic (exact) mass is 583 g/mol. The van der Waals surface area contributed by atoms with E-state index in [4.69, 9.17) is 38.9 Å². The van der Waals surface area contributed by atoms with E-state index < -0.39 is 36.6 Å². The molecule has 0 fully saturated rings. The Morgan fingerprint density at radius 2 is 1.29 bits per heavy atom. The lowest BCUT2D eigenvalue weighted by Crippen LogP contribution is -2.36. The van der Waals surface area contributed by atoms with Gasteiger partial charge in [0, 0.05) is 0 Å². The van der Waals surface area contributed by atoms with Crippen LogP contribution < -0.4 is 15.2 Å². The maximum atomic E-state index is 12.5. The normalized spacial score (nSPS) is 13.6. The van der Waals surface area contributed by atoms with E-state index in [1.165, 1.54) is 12.1 Å². The number of hydrogen-bond acceptors (Lipinski definition) is 12. The molecule has 0 saturated carbocycles. The number of nitrogens with two attached hydrogens (primary N) is 1. The topological polar surface area (TPSA) is 159 Å². The summed E-state index contributed by atoms with van der Waals surface area (Å²) in [6, 6.07) is 3.28. The second-order valence-electron chi connectivity index (χ2n) is 9.74. The van der Waals surface area contributed by atoms with E-state index in [1.807, 2.05) is 20.8 Å². The number of ether oxygens (including phenoxy) is 7. The molecule has 1 aromatic rings.